The van der Waals surface area contributed by atoms with Gasteiger partial charge in [0.25, 0.3) is 0 Å². The molecule has 0 spiro atoms. The van der Waals surface area contributed by atoms with E-state index in [1.807, 2.05) is 78.9 Å². The number of ether oxygens (including phenoxy) is 1. The summed E-state index contributed by atoms with van der Waals surface area (Å²) < 4.78 is 6.10. The van der Waals surface area contributed by atoms with Crippen LogP contribution in [0.1, 0.15) is 35.9 Å². The number of carbonyl (C=O) groups is 1. The molecule has 0 radical (unpaired) electrons. The lowest BCUT2D eigenvalue weighted by Crippen LogP contribution is -2.26. The van der Waals surface area contributed by atoms with Crippen LogP contribution < -0.4 is 15.4 Å². The van der Waals surface area contributed by atoms with Crippen LogP contribution in [0.5, 0.6) is 11.5 Å². The van der Waals surface area contributed by atoms with Crippen molar-refractivity contribution in [2.45, 2.75) is 24.8 Å². The predicted molar refractivity (Wildman–Crippen MR) is 140 cm³/mol. The molecule has 2 atom stereocenters. The summed E-state index contributed by atoms with van der Waals surface area (Å²) in [6, 6.07) is 36.0. The number of hydrogen-bond donors (Lipinski definition) is 2. The molecule has 2 N–H and O–H groups in total. The molecule has 0 unspecified atom stereocenters. The quantitative estimate of drug-likeness (QED) is 0.333. The Morgan fingerprint density at radius 3 is 2.11 bits per heavy atom. The van der Waals surface area contributed by atoms with Crippen molar-refractivity contribution < 1.29 is 9.53 Å². The number of benzene rings is 4. The number of anilines is 2. The average Bonchev–Trinajstić information content (AvgIpc) is 3.07. The Balaban J connectivity index is 1.41. The summed E-state index contributed by atoms with van der Waals surface area (Å²) in [5.74, 6) is 1.86. The third-order valence-electron chi connectivity index (χ3n) is 6.75. The Labute approximate surface area is 205 Å². The van der Waals surface area contributed by atoms with Gasteiger partial charge in [0.2, 0.25) is 0 Å². The maximum absolute atomic E-state index is 13.7. The van der Waals surface area contributed by atoms with Crippen molar-refractivity contribution >= 4 is 17.2 Å². The van der Waals surface area contributed by atoms with Crippen LogP contribution in [0.15, 0.2) is 120 Å². The van der Waals surface area contributed by atoms with Gasteiger partial charge in [-0.15, -0.1) is 0 Å². The van der Waals surface area contributed by atoms with E-state index in [4.69, 9.17) is 4.74 Å². The summed E-state index contributed by atoms with van der Waals surface area (Å²) in [4.78, 5) is 13.7. The van der Waals surface area contributed by atoms with Crippen LogP contribution in [0.25, 0.3) is 0 Å². The zero-order valence-electron chi connectivity index (χ0n) is 19.3. The molecule has 35 heavy (non-hydrogen) atoms. The van der Waals surface area contributed by atoms with Gasteiger partial charge in [-0.3, -0.25) is 4.79 Å². The molecule has 6 rings (SSSR count). The van der Waals surface area contributed by atoms with Crippen LogP contribution in [0, 0.1) is 0 Å². The molecule has 0 saturated heterocycles. The van der Waals surface area contributed by atoms with E-state index >= 15 is 0 Å². The van der Waals surface area contributed by atoms with Crippen molar-refractivity contribution in [2.75, 3.05) is 10.6 Å². The Bertz CT molecular complexity index is 1400. The molecule has 1 aliphatic carbocycles. The first-order chi connectivity index (χ1) is 17.2. The Morgan fingerprint density at radius 1 is 0.657 bits per heavy atom. The molecule has 4 aromatic rings. The summed E-state index contributed by atoms with van der Waals surface area (Å²) in [6.45, 7) is 0. The van der Waals surface area contributed by atoms with E-state index in [1.54, 1.807) is 0 Å². The first kappa shape index (κ1) is 21.2. The highest BCUT2D eigenvalue weighted by Crippen LogP contribution is 2.44. The highest BCUT2D eigenvalue weighted by molar-refractivity contribution is 6.01. The number of rotatable bonds is 4. The fourth-order valence-electron chi connectivity index (χ4n) is 5.09. The Hall–Kier alpha value is -4.31. The van der Waals surface area contributed by atoms with E-state index in [1.165, 1.54) is 5.56 Å². The number of hydrogen-bond acceptors (Lipinski definition) is 4. The van der Waals surface area contributed by atoms with Crippen LogP contribution >= 0.6 is 0 Å². The number of para-hydroxylation sites is 3. The molecule has 0 fully saturated rings. The molecule has 0 saturated carbocycles. The van der Waals surface area contributed by atoms with E-state index in [9.17, 15) is 4.79 Å². The average molecular weight is 459 g/mol. The highest BCUT2D eigenvalue weighted by Gasteiger charge is 2.36. The van der Waals surface area contributed by atoms with E-state index in [2.05, 4.69) is 41.0 Å². The molecule has 4 nitrogen and oxygen atoms in total. The third kappa shape index (κ3) is 4.31. The number of allylic oxidation sites excluding steroid dienone is 1. The summed E-state index contributed by atoms with van der Waals surface area (Å²) in [7, 11) is 0. The maximum atomic E-state index is 13.7. The fraction of sp³-hybridized carbons (Fsp3) is 0.129. The Morgan fingerprint density at radius 2 is 1.31 bits per heavy atom. The number of nitrogens with one attached hydrogen (secondary N) is 2. The summed E-state index contributed by atoms with van der Waals surface area (Å²) >= 11 is 0. The lowest BCUT2D eigenvalue weighted by Gasteiger charge is -2.30. The van der Waals surface area contributed by atoms with Crippen molar-refractivity contribution in [2.24, 2.45) is 0 Å². The highest BCUT2D eigenvalue weighted by atomic mass is 16.5. The fourth-order valence-corrected chi connectivity index (χ4v) is 5.09. The monoisotopic (exact) mass is 458 g/mol. The number of ketones is 1. The minimum absolute atomic E-state index is 0.161. The molecular weight excluding hydrogens is 432 g/mol. The van der Waals surface area contributed by atoms with Crippen LogP contribution in [0.4, 0.5) is 11.4 Å². The normalized spacial score (nSPS) is 19.0. The summed E-state index contributed by atoms with van der Waals surface area (Å²) in [5.41, 5.74) is 5.97. The van der Waals surface area contributed by atoms with Gasteiger partial charge in [0.05, 0.1) is 17.4 Å². The van der Waals surface area contributed by atoms with Gasteiger partial charge in [0.1, 0.15) is 11.5 Å². The van der Waals surface area contributed by atoms with Crippen molar-refractivity contribution in [3.8, 4) is 11.5 Å². The third-order valence-corrected chi connectivity index (χ3v) is 6.75. The second-order valence-electron chi connectivity index (χ2n) is 9.07. The molecule has 4 heteroatoms. The second-order valence-corrected chi connectivity index (χ2v) is 9.07. The number of carbonyl (C=O) groups excluding carboxylic acids is 1. The Kier molecular flexibility index (Phi) is 5.55. The van der Waals surface area contributed by atoms with Gasteiger partial charge in [-0.05, 0) is 59.9 Å². The molecular formula is C31H26N2O2. The molecule has 0 aromatic heterocycles. The minimum Gasteiger partial charge on any atom is -0.457 e. The van der Waals surface area contributed by atoms with Gasteiger partial charge in [-0.1, -0.05) is 72.8 Å². The van der Waals surface area contributed by atoms with Crippen molar-refractivity contribution in [1.29, 1.82) is 0 Å². The van der Waals surface area contributed by atoms with Crippen molar-refractivity contribution in [1.82, 2.24) is 0 Å². The SMILES string of the molecule is O=C1C[C@H](c2ccccc2)CC2=C1[C@H](c1cccc(Oc3ccccc3)c1)Nc1ccccc1N2. The van der Waals surface area contributed by atoms with Gasteiger partial charge < -0.3 is 15.4 Å². The standard InChI is InChI=1S/C31H26N2O2/c34-29-20-23(21-10-3-1-4-11-21)19-28-30(29)31(33-27-17-8-7-16-26(27)32-28)22-12-9-15-25(18-22)35-24-13-5-2-6-14-24/h1-18,23,31-33H,19-20H2/t23-,31+/m1/s1. The largest absolute Gasteiger partial charge is 0.457 e. The van der Waals surface area contributed by atoms with Gasteiger partial charge in [-0.25, -0.2) is 0 Å². The molecule has 1 aliphatic heterocycles. The van der Waals surface area contributed by atoms with Crippen LogP contribution in [-0.4, -0.2) is 5.78 Å². The van der Waals surface area contributed by atoms with E-state index in [0.29, 0.717) is 6.42 Å². The first-order valence-electron chi connectivity index (χ1n) is 12.0. The van der Waals surface area contributed by atoms with E-state index in [0.717, 1.165) is 46.1 Å². The second kappa shape index (κ2) is 9.15. The molecule has 2 aliphatic rings. The topological polar surface area (TPSA) is 50.4 Å². The molecule has 0 amide bonds. The van der Waals surface area contributed by atoms with Crippen molar-refractivity contribution in [3.63, 3.8) is 0 Å². The molecule has 0 bridgehead atoms. The van der Waals surface area contributed by atoms with Gasteiger partial charge >= 0.3 is 0 Å². The van der Waals surface area contributed by atoms with E-state index < -0.39 is 0 Å². The minimum atomic E-state index is -0.273. The number of Topliss-reactive ketones (excluding diaryl/α,β-unsaturated/α-hetero) is 1. The van der Waals surface area contributed by atoms with Gasteiger partial charge in [-0.2, -0.15) is 0 Å². The van der Waals surface area contributed by atoms with Gasteiger partial charge in [0.15, 0.2) is 5.78 Å². The van der Waals surface area contributed by atoms with Crippen LogP contribution in [-0.2, 0) is 4.79 Å². The zero-order chi connectivity index (χ0) is 23.6. The van der Waals surface area contributed by atoms with Crippen LogP contribution in [0.2, 0.25) is 0 Å². The number of fused-ring (bicyclic) bond motifs is 1. The van der Waals surface area contributed by atoms with Gasteiger partial charge in [0, 0.05) is 17.7 Å². The summed E-state index contributed by atoms with van der Waals surface area (Å²) in [5, 5.41) is 7.27. The summed E-state index contributed by atoms with van der Waals surface area (Å²) in [6.07, 6.45) is 1.29. The van der Waals surface area contributed by atoms with Crippen molar-refractivity contribution in [3.05, 3.63) is 132 Å². The predicted octanol–water partition coefficient (Wildman–Crippen LogP) is 7.46. The molecule has 1 heterocycles. The zero-order valence-corrected chi connectivity index (χ0v) is 19.3. The molecule has 4 aromatic carbocycles. The van der Waals surface area contributed by atoms with Crippen LogP contribution in [0.3, 0.4) is 0 Å². The smallest absolute Gasteiger partial charge is 0.163 e. The van der Waals surface area contributed by atoms with E-state index in [-0.39, 0.29) is 17.7 Å². The molecule has 172 valence electrons. The lowest BCUT2D eigenvalue weighted by atomic mass is 9.78. The lowest BCUT2D eigenvalue weighted by molar-refractivity contribution is -0.116. The first-order valence-corrected chi connectivity index (χ1v) is 12.0. The maximum Gasteiger partial charge on any atom is 0.163 e.